The topological polar surface area (TPSA) is 125 Å². The average Bonchev–Trinajstić information content (AvgIpc) is 2.78. The van der Waals surface area contributed by atoms with Gasteiger partial charge in [-0.05, 0) is 111 Å². The number of hydrogen-bond acceptors (Lipinski definition) is 6. The third-order valence-electron chi connectivity index (χ3n) is 6.95. The molecule has 0 bridgehead atoms. The smallest absolute Gasteiger partial charge is 0.319 e. The van der Waals surface area contributed by atoms with Crippen molar-refractivity contribution in [2.45, 2.75) is 172 Å². The van der Waals surface area contributed by atoms with Crippen LogP contribution in [0, 0.1) is 0 Å². The lowest BCUT2D eigenvalue weighted by atomic mass is 10.0. The quantitative estimate of drug-likeness (QED) is 0.358. The van der Waals surface area contributed by atoms with Gasteiger partial charge in [-0.25, -0.2) is 4.79 Å². The van der Waals surface area contributed by atoms with Crippen molar-refractivity contribution in [3.05, 3.63) is 0 Å². The summed E-state index contributed by atoms with van der Waals surface area (Å²) in [5.74, 6) is -0.169. The van der Waals surface area contributed by atoms with E-state index < -0.39 is 11.2 Å². The van der Waals surface area contributed by atoms with Crippen LogP contribution < -0.4 is 0 Å². The Bertz CT molecular complexity index is 922. The van der Waals surface area contributed by atoms with E-state index in [1.165, 1.54) is 13.8 Å². The summed E-state index contributed by atoms with van der Waals surface area (Å²) in [5, 5.41) is 18.9. The summed E-state index contributed by atoms with van der Waals surface area (Å²) in [4.78, 5) is 53.3. The molecule has 0 heterocycles. The molecule has 0 aliphatic rings. The van der Waals surface area contributed by atoms with E-state index in [1.807, 2.05) is 97.2 Å². The number of carbonyl (C=O) groups excluding carboxylic acids is 4. The monoisotopic (exact) mass is 680 g/mol. The van der Waals surface area contributed by atoms with Crippen LogP contribution in [0.15, 0.2) is 0 Å². The molecule has 0 aromatic rings. The Balaban J connectivity index is -0.000000118. The van der Waals surface area contributed by atoms with Crippen LogP contribution >= 0.6 is 0 Å². The van der Waals surface area contributed by atoms with Crippen LogP contribution in [0.5, 0.6) is 0 Å². The number of likely N-dealkylation sites (N-methyl/N-ethyl adjacent to an activating group) is 1. The van der Waals surface area contributed by atoms with Gasteiger partial charge in [0.2, 0.25) is 11.8 Å². The first-order valence-corrected chi connectivity index (χ1v) is 15.4. The van der Waals surface area contributed by atoms with Crippen molar-refractivity contribution in [1.29, 1.82) is 0 Å². The van der Waals surface area contributed by atoms with Gasteiger partial charge in [0, 0.05) is 71.4 Å². The maximum Gasteiger partial charge on any atom is 0.319 e. The number of aliphatic hydroxyl groups is 2. The first-order chi connectivity index (χ1) is 19.2. The lowest BCUT2D eigenvalue weighted by Gasteiger charge is -2.35. The highest BCUT2D eigenvalue weighted by Crippen LogP contribution is 2.17. The first-order valence-electron chi connectivity index (χ1n) is 15.4. The molecule has 286 valence electrons. The maximum absolute atomic E-state index is 11.6. The number of amides is 5. The SMILES string of the molecule is C.C.CC(=O)N(C)C(C)(C)C.CN(C(=O)C(C)(C)O)C(C)(C)C.CN(C(=O)CC(C)(C)O)C(C)(C)C.CN(C)C(=O)N(C)C(C)(C)C. The average molecular weight is 680 g/mol. The van der Waals surface area contributed by atoms with E-state index in [2.05, 4.69) is 0 Å². The molecule has 0 rings (SSSR count). The molecule has 11 heteroatoms. The van der Waals surface area contributed by atoms with Crippen LogP contribution in [0.4, 0.5) is 4.79 Å². The molecule has 0 aliphatic heterocycles. The first kappa shape index (κ1) is 56.9. The van der Waals surface area contributed by atoms with Crippen molar-refractivity contribution < 1.29 is 29.4 Å². The molecule has 0 aromatic carbocycles. The molecule has 0 aliphatic carbocycles. The molecule has 0 aromatic heterocycles. The van der Waals surface area contributed by atoms with Crippen molar-refractivity contribution >= 4 is 23.8 Å². The second-order valence-corrected chi connectivity index (χ2v) is 16.9. The third-order valence-corrected chi connectivity index (χ3v) is 6.95. The van der Waals surface area contributed by atoms with Gasteiger partial charge in [0.05, 0.1) is 12.0 Å². The fourth-order valence-corrected chi connectivity index (χ4v) is 2.64. The van der Waals surface area contributed by atoms with Gasteiger partial charge < -0.3 is 34.7 Å². The van der Waals surface area contributed by atoms with E-state index in [-0.39, 0.29) is 67.2 Å². The molecule has 0 saturated heterocycles. The number of rotatable bonds is 3. The molecule has 2 N–H and O–H groups in total. The van der Waals surface area contributed by atoms with Gasteiger partial charge in [-0.1, -0.05) is 14.9 Å². The van der Waals surface area contributed by atoms with Gasteiger partial charge in [0.15, 0.2) is 0 Å². The number of hydrogen-bond donors (Lipinski definition) is 2. The van der Waals surface area contributed by atoms with Gasteiger partial charge in [-0.15, -0.1) is 0 Å². The Morgan fingerprint density at radius 1 is 0.489 bits per heavy atom. The van der Waals surface area contributed by atoms with Crippen LogP contribution in [-0.4, -0.2) is 134 Å². The van der Waals surface area contributed by atoms with Gasteiger partial charge in [0.25, 0.3) is 5.91 Å². The molecular formula is C36H81N5O6. The normalized spacial score (nSPS) is 11.6. The molecule has 0 spiro atoms. The van der Waals surface area contributed by atoms with E-state index in [1.54, 1.807) is 73.5 Å². The van der Waals surface area contributed by atoms with Crippen LogP contribution in [0.1, 0.15) is 139 Å². The highest BCUT2D eigenvalue weighted by molar-refractivity contribution is 5.84. The van der Waals surface area contributed by atoms with E-state index >= 15 is 0 Å². The zero-order valence-electron chi connectivity index (χ0n) is 33.5. The zero-order chi connectivity index (χ0) is 37.9. The largest absolute Gasteiger partial charge is 0.390 e. The number of carbonyl (C=O) groups is 4. The number of urea groups is 1. The van der Waals surface area contributed by atoms with Crippen LogP contribution in [-0.2, 0) is 14.4 Å². The standard InChI is InChI=1S/C10H21NO2.C9H19NO2.C8H18N2O.C7H15NO.2CH4/c1-9(2,3)11(6)8(12)7-10(4,5)13;1-8(2,3)10(6)7(11)9(4,5)12;1-8(2,3)10(6)7(11)9(4)5;1-6(9)8(5)7(2,3)4;;/h13H,7H2,1-6H3;12H,1-6H3;1-6H3;1-5H3;2*1H4. The molecule has 0 fully saturated rings. The van der Waals surface area contributed by atoms with Gasteiger partial charge in [-0.3, -0.25) is 14.4 Å². The third kappa shape index (κ3) is 27.3. The van der Waals surface area contributed by atoms with Crippen LogP contribution in [0.2, 0.25) is 0 Å². The summed E-state index contributed by atoms with van der Waals surface area (Å²) in [6.45, 7) is 31.6. The van der Waals surface area contributed by atoms with E-state index in [0.717, 1.165) is 0 Å². The van der Waals surface area contributed by atoms with Gasteiger partial charge >= 0.3 is 6.03 Å². The molecule has 47 heavy (non-hydrogen) atoms. The molecule has 0 atom stereocenters. The summed E-state index contributed by atoms with van der Waals surface area (Å²) < 4.78 is 0. The summed E-state index contributed by atoms with van der Waals surface area (Å²) >= 11 is 0. The second-order valence-electron chi connectivity index (χ2n) is 16.9. The lowest BCUT2D eigenvalue weighted by Crippen LogP contribution is -2.51. The second kappa shape index (κ2) is 20.9. The van der Waals surface area contributed by atoms with Gasteiger partial charge in [0.1, 0.15) is 5.60 Å². The van der Waals surface area contributed by atoms with E-state index in [9.17, 15) is 29.4 Å². The Kier molecular flexibility index (Phi) is 25.2. The van der Waals surface area contributed by atoms with Crippen molar-refractivity contribution in [1.82, 2.24) is 24.5 Å². The van der Waals surface area contributed by atoms with Gasteiger partial charge in [-0.2, -0.15) is 0 Å². The van der Waals surface area contributed by atoms with Crippen molar-refractivity contribution in [2.24, 2.45) is 0 Å². The maximum atomic E-state index is 11.6. The highest BCUT2D eigenvalue weighted by Gasteiger charge is 2.32. The number of nitrogens with zero attached hydrogens (tertiary/aromatic N) is 5. The lowest BCUT2D eigenvalue weighted by molar-refractivity contribution is -0.151. The van der Waals surface area contributed by atoms with Crippen LogP contribution in [0.25, 0.3) is 0 Å². The highest BCUT2D eigenvalue weighted by atomic mass is 16.3. The Morgan fingerprint density at radius 3 is 0.872 bits per heavy atom. The van der Waals surface area contributed by atoms with Crippen molar-refractivity contribution in [3.8, 4) is 0 Å². The van der Waals surface area contributed by atoms with Crippen molar-refractivity contribution in [2.75, 3.05) is 42.3 Å². The molecule has 0 unspecified atom stereocenters. The predicted molar refractivity (Wildman–Crippen MR) is 201 cm³/mol. The van der Waals surface area contributed by atoms with E-state index in [4.69, 9.17) is 0 Å². The van der Waals surface area contributed by atoms with Crippen molar-refractivity contribution in [3.63, 3.8) is 0 Å². The zero-order valence-corrected chi connectivity index (χ0v) is 33.5. The fraction of sp³-hybridized carbons (Fsp3) is 0.889. The minimum absolute atomic E-state index is 0. The molecule has 0 saturated carbocycles. The Morgan fingerprint density at radius 2 is 0.766 bits per heavy atom. The summed E-state index contributed by atoms with van der Waals surface area (Å²) in [5.41, 5.74) is -2.74. The Labute approximate surface area is 292 Å². The molecule has 0 radical (unpaired) electrons. The minimum atomic E-state index is -1.28. The Hall–Kier alpha value is -2.40. The fourth-order valence-electron chi connectivity index (χ4n) is 2.64. The predicted octanol–water partition coefficient (Wildman–Crippen LogP) is 6.35. The van der Waals surface area contributed by atoms with E-state index in [0.29, 0.717) is 0 Å². The molecular weight excluding hydrogens is 598 g/mol. The summed E-state index contributed by atoms with van der Waals surface area (Å²) in [6.07, 6.45) is 0.167. The summed E-state index contributed by atoms with van der Waals surface area (Å²) in [6, 6.07) is 0.0394. The molecule has 11 nitrogen and oxygen atoms in total. The van der Waals surface area contributed by atoms with Crippen LogP contribution in [0.3, 0.4) is 0 Å². The minimum Gasteiger partial charge on any atom is -0.390 e. The molecule has 5 amide bonds. The summed E-state index contributed by atoms with van der Waals surface area (Å²) in [7, 11) is 10.6.